The molecule has 1 N–H and O–H groups in total. The Kier molecular flexibility index (Phi) is 7.19. The van der Waals surface area contributed by atoms with Crippen LogP contribution in [0.2, 0.25) is 0 Å². The number of fused-ring (bicyclic) bond motifs is 1. The summed E-state index contributed by atoms with van der Waals surface area (Å²) in [4.78, 5) is 32.4. The number of hydrogen-bond acceptors (Lipinski definition) is 4. The van der Waals surface area contributed by atoms with Gasteiger partial charge in [-0.1, -0.05) is 54.6 Å². The molecule has 178 valence electrons. The zero-order chi connectivity index (χ0) is 24.0. The number of hydrogen-bond donors (Lipinski definition) is 1. The lowest BCUT2D eigenvalue weighted by atomic mass is 10.00. The summed E-state index contributed by atoms with van der Waals surface area (Å²) in [6.07, 6.45) is 3.71. The number of Topliss-reactive ketones (excluding diaryl/α,β-unsaturated/α-hetero) is 1. The molecular formula is C29H28N2O3S. The van der Waals surface area contributed by atoms with Crippen LogP contribution in [0, 0.1) is 0 Å². The number of carbonyl (C=O) groups excluding carboxylic acids is 2. The molecule has 0 bridgehead atoms. The van der Waals surface area contributed by atoms with Crippen LogP contribution in [0.1, 0.15) is 34.3 Å². The molecule has 0 spiro atoms. The molecule has 2 heterocycles. The number of H-pyrrole nitrogens is 1. The quantitative estimate of drug-likeness (QED) is 0.229. The number of carbonyl (C=O) groups is 2. The van der Waals surface area contributed by atoms with E-state index >= 15 is 0 Å². The Morgan fingerprint density at radius 3 is 2.54 bits per heavy atom. The van der Waals surface area contributed by atoms with Gasteiger partial charge in [0.25, 0.3) is 0 Å². The topological polar surface area (TPSA) is 62.4 Å². The van der Waals surface area contributed by atoms with Gasteiger partial charge in [-0.05, 0) is 54.7 Å². The summed E-state index contributed by atoms with van der Waals surface area (Å²) in [5, 5.41) is 0.918. The van der Waals surface area contributed by atoms with E-state index in [0.717, 1.165) is 35.1 Å². The van der Waals surface area contributed by atoms with Gasteiger partial charge in [-0.15, -0.1) is 11.8 Å². The summed E-state index contributed by atoms with van der Waals surface area (Å²) in [6, 6.07) is 25.7. The van der Waals surface area contributed by atoms with Crippen molar-refractivity contribution in [2.75, 3.05) is 12.3 Å². The van der Waals surface area contributed by atoms with E-state index in [-0.39, 0.29) is 12.4 Å². The predicted octanol–water partition coefficient (Wildman–Crippen LogP) is 6.49. The Labute approximate surface area is 209 Å². The van der Waals surface area contributed by atoms with Crippen LogP contribution >= 0.6 is 11.8 Å². The van der Waals surface area contributed by atoms with Gasteiger partial charge in [0, 0.05) is 39.9 Å². The Bertz CT molecular complexity index is 1300. The molecule has 4 aromatic rings. The Morgan fingerprint density at radius 1 is 0.971 bits per heavy atom. The van der Waals surface area contributed by atoms with E-state index in [9.17, 15) is 9.59 Å². The summed E-state index contributed by atoms with van der Waals surface area (Å²) >= 11 is 1.83. The van der Waals surface area contributed by atoms with Crippen molar-refractivity contribution in [1.29, 1.82) is 0 Å². The third kappa shape index (κ3) is 5.43. The summed E-state index contributed by atoms with van der Waals surface area (Å²) in [5.74, 6) is 0.939. The average molecular weight is 485 g/mol. The van der Waals surface area contributed by atoms with E-state index in [0.29, 0.717) is 18.5 Å². The number of benzene rings is 3. The third-order valence-electron chi connectivity index (χ3n) is 6.41. The van der Waals surface area contributed by atoms with Crippen LogP contribution in [0.5, 0.6) is 0 Å². The van der Waals surface area contributed by atoms with Gasteiger partial charge in [-0.2, -0.15) is 0 Å². The van der Waals surface area contributed by atoms with Gasteiger partial charge in [-0.3, -0.25) is 9.69 Å². The number of rotatable bonds is 8. The van der Waals surface area contributed by atoms with E-state index in [1.165, 1.54) is 10.5 Å². The smallest absolute Gasteiger partial charge is 0.410 e. The fourth-order valence-corrected chi connectivity index (χ4v) is 5.49. The molecule has 35 heavy (non-hydrogen) atoms. The molecule has 1 aliphatic rings. The number of nitrogens with one attached hydrogen (secondary N) is 1. The number of aromatic amines is 1. The highest BCUT2D eigenvalue weighted by Gasteiger charge is 2.36. The fraction of sp³-hybridized carbons (Fsp3) is 0.241. The summed E-state index contributed by atoms with van der Waals surface area (Å²) in [6.45, 7) is 0.739. The van der Waals surface area contributed by atoms with Crippen LogP contribution in [0.3, 0.4) is 0 Å². The lowest BCUT2D eigenvalue weighted by Gasteiger charge is -2.23. The van der Waals surface area contributed by atoms with Gasteiger partial charge in [-0.25, -0.2) is 4.79 Å². The standard InChI is InChI=1S/C29H28N2O3S/c32-28(27-12-7-16-31(27)29(33)34-20-22-8-3-1-4-9-22)25-19-30-26-14-13-21(18-24(25)26)15-17-35-23-10-5-2-6-11-23/h1-6,8-11,13-14,18-19,27,30H,7,12,15-17,20H2/t27-/m1/s1. The van der Waals surface area contributed by atoms with Crippen LogP contribution < -0.4 is 0 Å². The lowest BCUT2D eigenvalue weighted by molar-refractivity contribution is 0.0739. The number of aryl methyl sites for hydroxylation is 1. The molecule has 0 unspecified atom stereocenters. The first-order chi connectivity index (χ1) is 17.2. The summed E-state index contributed by atoms with van der Waals surface area (Å²) in [5.41, 5.74) is 3.70. The number of likely N-dealkylation sites (tertiary alicyclic amines) is 1. The first-order valence-electron chi connectivity index (χ1n) is 12.0. The molecule has 1 aromatic heterocycles. The molecule has 1 amide bonds. The Hall–Kier alpha value is -3.51. The molecule has 5 nitrogen and oxygen atoms in total. The second kappa shape index (κ2) is 10.8. The molecule has 1 atom stereocenters. The van der Waals surface area contributed by atoms with Crippen molar-refractivity contribution in [2.24, 2.45) is 0 Å². The number of ketones is 1. The molecule has 1 saturated heterocycles. The number of ether oxygens (including phenoxy) is 1. The minimum atomic E-state index is -0.491. The fourth-order valence-electron chi connectivity index (χ4n) is 4.57. The van der Waals surface area contributed by atoms with Crippen LogP contribution in [0.4, 0.5) is 4.79 Å². The first kappa shape index (κ1) is 23.2. The molecule has 0 radical (unpaired) electrons. The molecule has 6 heteroatoms. The molecule has 0 saturated carbocycles. The maximum atomic E-state index is 13.5. The highest BCUT2D eigenvalue weighted by molar-refractivity contribution is 7.99. The maximum absolute atomic E-state index is 13.5. The number of aromatic nitrogens is 1. The van der Waals surface area contributed by atoms with Gasteiger partial charge in [0.2, 0.25) is 0 Å². The molecule has 3 aromatic carbocycles. The van der Waals surface area contributed by atoms with E-state index in [4.69, 9.17) is 4.74 Å². The highest BCUT2D eigenvalue weighted by atomic mass is 32.2. The molecule has 5 rings (SSSR count). The summed E-state index contributed by atoms with van der Waals surface area (Å²) < 4.78 is 5.52. The van der Waals surface area contributed by atoms with Gasteiger partial charge in [0.15, 0.2) is 5.78 Å². The van der Waals surface area contributed by atoms with Crippen LogP contribution in [-0.2, 0) is 17.8 Å². The van der Waals surface area contributed by atoms with Crippen LogP contribution in [-0.4, -0.2) is 40.1 Å². The number of nitrogens with zero attached hydrogens (tertiary/aromatic N) is 1. The normalized spacial score (nSPS) is 15.4. The van der Waals surface area contributed by atoms with Crippen molar-refractivity contribution >= 4 is 34.5 Å². The van der Waals surface area contributed by atoms with Crippen molar-refractivity contribution < 1.29 is 14.3 Å². The average Bonchev–Trinajstić information content (AvgIpc) is 3.56. The minimum Gasteiger partial charge on any atom is -0.445 e. The first-order valence-corrected chi connectivity index (χ1v) is 13.0. The van der Waals surface area contributed by atoms with Crippen molar-refractivity contribution in [2.45, 2.75) is 36.8 Å². The van der Waals surface area contributed by atoms with Gasteiger partial charge in [0.05, 0.1) is 6.04 Å². The zero-order valence-corrected chi connectivity index (χ0v) is 20.3. The Balaban J connectivity index is 1.26. The van der Waals surface area contributed by atoms with Crippen LogP contribution in [0.25, 0.3) is 10.9 Å². The van der Waals surface area contributed by atoms with Gasteiger partial charge >= 0.3 is 6.09 Å². The van der Waals surface area contributed by atoms with Gasteiger partial charge in [0.1, 0.15) is 6.61 Å². The number of amides is 1. The third-order valence-corrected chi connectivity index (χ3v) is 7.42. The van der Waals surface area contributed by atoms with Crippen molar-refractivity contribution in [3.05, 3.63) is 102 Å². The van der Waals surface area contributed by atoms with Crippen molar-refractivity contribution in [3.63, 3.8) is 0 Å². The minimum absolute atomic E-state index is 0.0266. The zero-order valence-electron chi connectivity index (χ0n) is 19.5. The molecule has 0 aliphatic carbocycles. The van der Waals surface area contributed by atoms with E-state index in [1.54, 1.807) is 11.1 Å². The summed E-state index contributed by atoms with van der Waals surface area (Å²) in [7, 11) is 0. The number of thioether (sulfide) groups is 1. The Morgan fingerprint density at radius 2 is 1.74 bits per heavy atom. The highest BCUT2D eigenvalue weighted by Crippen LogP contribution is 2.28. The predicted molar refractivity (Wildman–Crippen MR) is 140 cm³/mol. The monoisotopic (exact) mass is 484 g/mol. The van der Waals surface area contributed by atoms with Crippen molar-refractivity contribution in [3.8, 4) is 0 Å². The maximum Gasteiger partial charge on any atom is 0.410 e. The second-order valence-electron chi connectivity index (χ2n) is 8.75. The van der Waals surface area contributed by atoms with Gasteiger partial charge < -0.3 is 9.72 Å². The van der Waals surface area contributed by atoms with E-state index < -0.39 is 12.1 Å². The molecule has 1 fully saturated rings. The van der Waals surface area contributed by atoms with Crippen LogP contribution in [0.15, 0.2) is 90.0 Å². The molecule has 1 aliphatic heterocycles. The van der Waals surface area contributed by atoms with Crippen molar-refractivity contribution in [1.82, 2.24) is 9.88 Å². The molecular weight excluding hydrogens is 456 g/mol. The largest absolute Gasteiger partial charge is 0.445 e. The van der Waals surface area contributed by atoms with E-state index in [2.05, 4.69) is 41.4 Å². The second-order valence-corrected chi connectivity index (χ2v) is 9.92. The van der Waals surface area contributed by atoms with E-state index in [1.807, 2.05) is 54.2 Å². The lowest BCUT2D eigenvalue weighted by Crippen LogP contribution is -2.40. The SMILES string of the molecule is O=C(c1c[nH]c2ccc(CCSc3ccccc3)cc12)[C@H]1CCCN1C(=O)OCc1ccccc1.